The van der Waals surface area contributed by atoms with Gasteiger partial charge < -0.3 is 14.2 Å². The molecule has 5 aromatic rings. The molecule has 1 saturated heterocycles. The zero-order valence-electron chi connectivity index (χ0n) is 23.2. The van der Waals surface area contributed by atoms with Gasteiger partial charge in [0.05, 0.1) is 24.6 Å². The molecule has 2 atom stereocenters. The van der Waals surface area contributed by atoms with Gasteiger partial charge in [-0.05, 0) is 65.9 Å². The first-order chi connectivity index (χ1) is 20.6. The topological polar surface area (TPSA) is 78.0 Å². The SMILES string of the molecule is COc1ccccc1CC(C(=O)N1C(=O)OC[C@@H]1Cc1ccccc1)c1ccc(Oc2ccnc3ccccc23)cc1. The summed E-state index contributed by atoms with van der Waals surface area (Å²) in [5.74, 6) is 1.04. The Hall–Kier alpha value is -5.17. The van der Waals surface area contributed by atoms with Crippen molar-refractivity contribution >= 4 is 22.9 Å². The molecule has 1 fully saturated rings. The molecule has 1 aromatic heterocycles. The van der Waals surface area contributed by atoms with Gasteiger partial charge in [0, 0.05) is 11.6 Å². The smallest absolute Gasteiger partial charge is 0.417 e. The van der Waals surface area contributed by atoms with E-state index in [0.29, 0.717) is 30.1 Å². The molecule has 2 amide bonds. The van der Waals surface area contributed by atoms with Gasteiger partial charge in [-0.15, -0.1) is 0 Å². The lowest BCUT2D eigenvalue weighted by Crippen LogP contribution is -2.43. The molecule has 7 heteroatoms. The van der Waals surface area contributed by atoms with Crippen molar-refractivity contribution in [2.45, 2.75) is 24.8 Å². The molecule has 0 N–H and O–H groups in total. The molecule has 2 heterocycles. The molecule has 0 radical (unpaired) electrons. The lowest BCUT2D eigenvalue weighted by Gasteiger charge is -2.26. The maximum Gasteiger partial charge on any atom is 0.417 e. The van der Waals surface area contributed by atoms with Crippen molar-refractivity contribution in [2.75, 3.05) is 13.7 Å². The quantitative estimate of drug-likeness (QED) is 0.195. The number of imide groups is 1. The number of carbonyl (C=O) groups is 2. The van der Waals surface area contributed by atoms with Gasteiger partial charge in [-0.3, -0.25) is 9.78 Å². The number of amides is 2. The van der Waals surface area contributed by atoms with Gasteiger partial charge in [-0.1, -0.05) is 72.8 Å². The molecule has 1 aliphatic heterocycles. The lowest BCUT2D eigenvalue weighted by atomic mass is 9.89. The van der Waals surface area contributed by atoms with Gasteiger partial charge >= 0.3 is 6.09 Å². The molecular weight excluding hydrogens is 528 g/mol. The average molecular weight is 559 g/mol. The summed E-state index contributed by atoms with van der Waals surface area (Å²) in [5.41, 5.74) is 3.51. The number of benzene rings is 4. The van der Waals surface area contributed by atoms with Gasteiger partial charge in [0.2, 0.25) is 5.91 Å². The monoisotopic (exact) mass is 558 g/mol. The molecule has 210 valence electrons. The highest BCUT2D eigenvalue weighted by Gasteiger charge is 2.41. The summed E-state index contributed by atoms with van der Waals surface area (Å²) in [5, 5.41) is 0.908. The van der Waals surface area contributed by atoms with E-state index in [1.54, 1.807) is 13.3 Å². The second-order valence-electron chi connectivity index (χ2n) is 10.2. The Morgan fingerprint density at radius 3 is 2.45 bits per heavy atom. The zero-order valence-corrected chi connectivity index (χ0v) is 23.2. The van der Waals surface area contributed by atoms with E-state index in [9.17, 15) is 9.59 Å². The molecule has 0 saturated carbocycles. The number of cyclic esters (lactones) is 1. The van der Waals surface area contributed by atoms with E-state index >= 15 is 0 Å². The minimum atomic E-state index is -0.652. The number of ether oxygens (including phenoxy) is 3. The van der Waals surface area contributed by atoms with Crippen LogP contribution in [0.3, 0.4) is 0 Å². The predicted molar refractivity (Wildman–Crippen MR) is 160 cm³/mol. The van der Waals surface area contributed by atoms with Crippen LogP contribution in [0.1, 0.15) is 22.6 Å². The van der Waals surface area contributed by atoms with Crippen molar-refractivity contribution < 1.29 is 23.8 Å². The Morgan fingerprint density at radius 1 is 0.905 bits per heavy atom. The zero-order chi connectivity index (χ0) is 28.9. The molecule has 6 rings (SSSR count). The van der Waals surface area contributed by atoms with Crippen LogP contribution < -0.4 is 9.47 Å². The van der Waals surface area contributed by atoms with Gasteiger partial charge in [0.1, 0.15) is 23.9 Å². The number of hydrogen-bond acceptors (Lipinski definition) is 6. The fourth-order valence-corrected chi connectivity index (χ4v) is 5.43. The average Bonchev–Trinajstić information content (AvgIpc) is 3.40. The van der Waals surface area contributed by atoms with E-state index < -0.39 is 18.1 Å². The largest absolute Gasteiger partial charge is 0.496 e. The second-order valence-corrected chi connectivity index (χ2v) is 10.2. The lowest BCUT2D eigenvalue weighted by molar-refractivity contribution is -0.130. The summed E-state index contributed by atoms with van der Waals surface area (Å²) in [6, 6.07) is 34.1. The van der Waals surface area contributed by atoms with Crippen LogP contribution in [0.25, 0.3) is 10.9 Å². The third-order valence-corrected chi connectivity index (χ3v) is 7.55. The second kappa shape index (κ2) is 12.1. The van der Waals surface area contributed by atoms with Crippen LogP contribution in [0.15, 0.2) is 115 Å². The first-order valence-corrected chi connectivity index (χ1v) is 13.9. The highest BCUT2D eigenvalue weighted by molar-refractivity contribution is 5.97. The van der Waals surface area contributed by atoms with Crippen LogP contribution in [-0.2, 0) is 22.4 Å². The van der Waals surface area contributed by atoms with Crippen LogP contribution >= 0.6 is 0 Å². The molecule has 0 aliphatic carbocycles. The summed E-state index contributed by atoms with van der Waals surface area (Å²) >= 11 is 0. The number of nitrogens with zero attached hydrogens (tertiary/aromatic N) is 2. The Bertz CT molecular complexity index is 1700. The summed E-state index contributed by atoms with van der Waals surface area (Å²) in [6.45, 7) is 0.160. The van der Waals surface area contributed by atoms with Crippen LogP contribution in [0.4, 0.5) is 4.79 Å². The molecule has 1 unspecified atom stereocenters. The molecule has 1 aliphatic rings. The van der Waals surface area contributed by atoms with Crippen molar-refractivity contribution in [3.05, 3.63) is 132 Å². The molecule has 0 bridgehead atoms. The standard InChI is InChI=1S/C35H30N2O5/c1-40-32-14-8-5-11-26(32)22-30(34(38)37-27(23-41-35(37)39)21-24-9-3-2-4-10-24)25-15-17-28(18-16-25)42-33-19-20-36-31-13-7-6-12-29(31)33/h2-20,27,30H,21-23H2,1H3/t27-,30?/m0/s1. The highest BCUT2D eigenvalue weighted by Crippen LogP contribution is 2.33. The maximum absolute atomic E-state index is 14.2. The summed E-state index contributed by atoms with van der Waals surface area (Å²) in [7, 11) is 1.61. The number of para-hydroxylation sites is 2. The maximum atomic E-state index is 14.2. The van der Waals surface area contributed by atoms with Crippen LogP contribution in [0, 0.1) is 0 Å². The first-order valence-electron chi connectivity index (χ1n) is 13.9. The van der Waals surface area contributed by atoms with Crippen molar-refractivity contribution in [1.29, 1.82) is 0 Å². The van der Waals surface area contributed by atoms with Gasteiger partial charge in [-0.2, -0.15) is 0 Å². The van der Waals surface area contributed by atoms with E-state index in [1.165, 1.54) is 4.90 Å². The first kappa shape index (κ1) is 27.0. The van der Waals surface area contributed by atoms with E-state index in [1.807, 2.05) is 109 Å². The molecule has 7 nitrogen and oxygen atoms in total. The number of aromatic nitrogens is 1. The minimum Gasteiger partial charge on any atom is -0.496 e. The minimum absolute atomic E-state index is 0.160. The fraction of sp³-hybridized carbons (Fsp3) is 0.171. The van der Waals surface area contributed by atoms with Crippen LogP contribution in [0.2, 0.25) is 0 Å². The molecular formula is C35H30N2O5. The number of methoxy groups -OCH3 is 1. The van der Waals surface area contributed by atoms with Gasteiger partial charge in [-0.25, -0.2) is 9.69 Å². The van der Waals surface area contributed by atoms with Crippen molar-refractivity contribution in [3.63, 3.8) is 0 Å². The number of rotatable bonds is 9. The van der Waals surface area contributed by atoms with Crippen LogP contribution in [-0.4, -0.2) is 41.6 Å². The summed E-state index contributed by atoms with van der Waals surface area (Å²) in [6.07, 6.45) is 1.97. The van der Waals surface area contributed by atoms with E-state index in [-0.39, 0.29) is 12.5 Å². The fourth-order valence-electron chi connectivity index (χ4n) is 5.43. The van der Waals surface area contributed by atoms with Crippen LogP contribution in [0.5, 0.6) is 17.2 Å². The Balaban J connectivity index is 1.31. The van der Waals surface area contributed by atoms with Gasteiger partial charge in [0.15, 0.2) is 0 Å². The normalized spacial score (nSPS) is 15.3. The van der Waals surface area contributed by atoms with E-state index in [0.717, 1.165) is 27.6 Å². The summed E-state index contributed by atoms with van der Waals surface area (Å²) in [4.78, 5) is 32.8. The summed E-state index contributed by atoms with van der Waals surface area (Å²) < 4.78 is 17.2. The Labute approximate surface area is 244 Å². The predicted octanol–water partition coefficient (Wildman–Crippen LogP) is 6.95. The highest BCUT2D eigenvalue weighted by atomic mass is 16.6. The number of carbonyl (C=O) groups excluding carboxylic acids is 2. The third-order valence-electron chi connectivity index (χ3n) is 7.55. The number of fused-ring (bicyclic) bond motifs is 1. The molecule has 0 spiro atoms. The Morgan fingerprint density at radius 2 is 1.64 bits per heavy atom. The van der Waals surface area contributed by atoms with E-state index in [2.05, 4.69) is 4.98 Å². The van der Waals surface area contributed by atoms with Gasteiger partial charge in [0.25, 0.3) is 0 Å². The van der Waals surface area contributed by atoms with Crippen molar-refractivity contribution in [2.24, 2.45) is 0 Å². The van der Waals surface area contributed by atoms with Crippen molar-refractivity contribution in [1.82, 2.24) is 9.88 Å². The van der Waals surface area contributed by atoms with E-state index in [4.69, 9.17) is 14.2 Å². The molecule has 42 heavy (non-hydrogen) atoms. The van der Waals surface area contributed by atoms with Crippen molar-refractivity contribution in [3.8, 4) is 17.2 Å². The third kappa shape index (κ3) is 5.67. The number of hydrogen-bond donors (Lipinski definition) is 0. The molecule has 4 aromatic carbocycles. The number of pyridine rings is 1. The Kier molecular flexibility index (Phi) is 7.81.